The first-order chi connectivity index (χ1) is 14.9. The van der Waals surface area contributed by atoms with E-state index >= 15 is 0 Å². The molecule has 0 aliphatic carbocycles. The van der Waals surface area contributed by atoms with Crippen LogP contribution in [0.4, 0.5) is 5.95 Å². The molecule has 1 aromatic carbocycles. The fourth-order valence-electron chi connectivity index (χ4n) is 3.12. The van der Waals surface area contributed by atoms with Crippen LogP contribution in [0, 0.1) is 0 Å². The second-order valence-corrected chi connectivity index (χ2v) is 7.64. The van der Waals surface area contributed by atoms with Crippen LogP contribution in [0.25, 0.3) is 11.2 Å². The molecule has 0 aliphatic heterocycles. The van der Waals surface area contributed by atoms with Crippen molar-refractivity contribution in [2.45, 2.75) is 6.54 Å². The Labute approximate surface area is 186 Å². The smallest absolute Gasteiger partial charge is 0.298 e. The fourth-order valence-corrected chi connectivity index (χ4v) is 3.59. The molecule has 0 spiro atoms. The maximum absolute atomic E-state index is 12.9. The average molecular weight is 458 g/mol. The SMILES string of the molecule is Cn1c(=O)c2c(nc(N/N=C\c3cccnc3)n2Cc2ccc(Cl)cc2Cl)n(C)c1=O. The predicted octanol–water partition coefficient (Wildman–Crippen LogP) is 2.63. The molecule has 158 valence electrons. The molecule has 0 amide bonds. The monoisotopic (exact) mass is 457 g/mol. The van der Waals surface area contributed by atoms with E-state index in [0.717, 1.165) is 15.7 Å². The summed E-state index contributed by atoms with van der Waals surface area (Å²) >= 11 is 12.4. The number of fused-ring (bicyclic) bond motifs is 1. The van der Waals surface area contributed by atoms with Gasteiger partial charge in [0.25, 0.3) is 5.56 Å². The normalized spacial score (nSPS) is 11.5. The van der Waals surface area contributed by atoms with Crippen LogP contribution in [0.2, 0.25) is 10.0 Å². The van der Waals surface area contributed by atoms with Crippen LogP contribution in [-0.4, -0.2) is 29.9 Å². The standard InChI is InChI=1S/C20H17Cl2N7O2/c1-27-17-16(18(30)28(2)20(27)31)29(11-13-5-6-14(21)8-15(13)22)19(25-17)26-24-10-12-4-3-7-23-9-12/h3-10H,11H2,1-2H3,(H,25,26)/b24-10-. The van der Waals surface area contributed by atoms with Gasteiger partial charge in [0.1, 0.15) is 0 Å². The minimum absolute atomic E-state index is 0.213. The van der Waals surface area contributed by atoms with Crippen LogP contribution >= 0.6 is 23.2 Å². The number of anilines is 1. The largest absolute Gasteiger partial charge is 0.332 e. The Bertz CT molecular complexity index is 1420. The highest BCUT2D eigenvalue weighted by Gasteiger charge is 2.20. The number of rotatable bonds is 5. The van der Waals surface area contributed by atoms with Gasteiger partial charge < -0.3 is 0 Å². The van der Waals surface area contributed by atoms with Gasteiger partial charge in [-0.15, -0.1) is 0 Å². The number of nitrogens with zero attached hydrogens (tertiary/aromatic N) is 6. The Morgan fingerprint density at radius 2 is 1.97 bits per heavy atom. The second-order valence-electron chi connectivity index (χ2n) is 6.79. The summed E-state index contributed by atoms with van der Waals surface area (Å²) in [7, 11) is 2.98. The molecule has 0 bridgehead atoms. The van der Waals surface area contributed by atoms with E-state index in [0.29, 0.717) is 10.0 Å². The van der Waals surface area contributed by atoms with E-state index in [2.05, 4.69) is 20.5 Å². The van der Waals surface area contributed by atoms with Crippen molar-refractivity contribution in [3.63, 3.8) is 0 Å². The van der Waals surface area contributed by atoms with Crippen LogP contribution in [0.5, 0.6) is 0 Å². The molecule has 0 unspecified atom stereocenters. The van der Waals surface area contributed by atoms with E-state index in [-0.39, 0.29) is 23.7 Å². The molecule has 3 heterocycles. The van der Waals surface area contributed by atoms with Gasteiger partial charge in [0.2, 0.25) is 5.95 Å². The lowest BCUT2D eigenvalue weighted by molar-refractivity contribution is 0.702. The number of imidazole rings is 1. The molecule has 0 fully saturated rings. The van der Waals surface area contributed by atoms with Crippen molar-refractivity contribution >= 4 is 46.5 Å². The summed E-state index contributed by atoms with van der Waals surface area (Å²) in [5.41, 5.74) is 3.89. The Morgan fingerprint density at radius 1 is 1.16 bits per heavy atom. The fraction of sp³-hybridized carbons (Fsp3) is 0.150. The number of nitrogens with one attached hydrogen (secondary N) is 1. The van der Waals surface area contributed by atoms with E-state index in [9.17, 15) is 9.59 Å². The Hall–Kier alpha value is -3.43. The number of hydrogen-bond donors (Lipinski definition) is 1. The van der Waals surface area contributed by atoms with Gasteiger partial charge >= 0.3 is 5.69 Å². The number of halogens is 2. The van der Waals surface area contributed by atoms with Crippen LogP contribution in [0.15, 0.2) is 57.4 Å². The minimum Gasteiger partial charge on any atom is -0.298 e. The highest BCUT2D eigenvalue weighted by atomic mass is 35.5. The number of hydrazone groups is 1. The third-order valence-electron chi connectivity index (χ3n) is 4.75. The average Bonchev–Trinajstić information content (AvgIpc) is 3.12. The Morgan fingerprint density at radius 3 is 2.68 bits per heavy atom. The molecule has 0 atom stereocenters. The van der Waals surface area contributed by atoms with Crippen molar-refractivity contribution in [2.75, 3.05) is 5.43 Å². The van der Waals surface area contributed by atoms with Gasteiger partial charge in [-0.1, -0.05) is 35.3 Å². The lowest BCUT2D eigenvalue weighted by atomic mass is 10.2. The van der Waals surface area contributed by atoms with Gasteiger partial charge in [-0.05, 0) is 23.8 Å². The molecule has 31 heavy (non-hydrogen) atoms. The minimum atomic E-state index is -0.475. The van der Waals surface area contributed by atoms with Gasteiger partial charge in [-0.3, -0.25) is 23.5 Å². The van der Waals surface area contributed by atoms with Crippen molar-refractivity contribution in [1.82, 2.24) is 23.7 Å². The van der Waals surface area contributed by atoms with E-state index in [1.807, 2.05) is 6.07 Å². The van der Waals surface area contributed by atoms with Crippen LogP contribution in [-0.2, 0) is 20.6 Å². The number of aryl methyl sites for hydroxylation is 1. The molecule has 1 N–H and O–H groups in total. The summed E-state index contributed by atoms with van der Waals surface area (Å²) in [6, 6.07) is 8.74. The van der Waals surface area contributed by atoms with Crippen molar-refractivity contribution in [2.24, 2.45) is 19.2 Å². The van der Waals surface area contributed by atoms with Gasteiger partial charge in [0.15, 0.2) is 11.2 Å². The Kier molecular flexibility index (Phi) is 5.62. The zero-order valence-corrected chi connectivity index (χ0v) is 18.1. The molecule has 0 saturated heterocycles. The highest BCUT2D eigenvalue weighted by Crippen LogP contribution is 2.24. The van der Waals surface area contributed by atoms with Crippen LogP contribution < -0.4 is 16.7 Å². The zero-order valence-electron chi connectivity index (χ0n) is 16.6. The molecule has 11 heteroatoms. The van der Waals surface area contributed by atoms with Gasteiger partial charge in [0.05, 0.1) is 12.8 Å². The third kappa shape index (κ3) is 3.97. The van der Waals surface area contributed by atoms with E-state index in [1.54, 1.807) is 54.5 Å². The zero-order chi connectivity index (χ0) is 22.1. The molecule has 3 aromatic heterocycles. The molecular weight excluding hydrogens is 441 g/mol. The lowest BCUT2D eigenvalue weighted by Crippen LogP contribution is -2.37. The van der Waals surface area contributed by atoms with Crippen molar-refractivity contribution < 1.29 is 0 Å². The summed E-state index contributed by atoms with van der Waals surface area (Å²) in [6.07, 6.45) is 4.89. The number of benzene rings is 1. The highest BCUT2D eigenvalue weighted by molar-refractivity contribution is 6.35. The van der Waals surface area contributed by atoms with Crippen molar-refractivity contribution in [1.29, 1.82) is 0 Å². The maximum atomic E-state index is 12.9. The summed E-state index contributed by atoms with van der Waals surface area (Å²) < 4.78 is 3.98. The molecule has 0 radical (unpaired) electrons. The van der Waals surface area contributed by atoms with Crippen molar-refractivity contribution in [3.05, 3.63) is 84.7 Å². The van der Waals surface area contributed by atoms with Gasteiger partial charge in [0, 0.05) is 42.1 Å². The first-order valence-corrected chi connectivity index (χ1v) is 9.91. The van der Waals surface area contributed by atoms with Crippen molar-refractivity contribution in [3.8, 4) is 0 Å². The predicted molar refractivity (Wildman–Crippen MR) is 121 cm³/mol. The van der Waals surface area contributed by atoms with E-state index < -0.39 is 11.2 Å². The molecule has 0 aliphatic rings. The molecular formula is C20H17Cl2N7O2. The number of hydrogen-bond acceptors (Lipinski definition) is 6. The number of pyridine rings is 1. The first-order valence-electron chi connectivity index (χ1n) is 9.16. The quantitative estimate of drug-likeness (QED) is 0.366. The number of aromatic nitrogens is 5. The molecule has 0 saturated carbocycles. The Balaban J connectivity index is 1.86. The van der Waals surface area contributed by atoms with Gasteiger partial charge in [-0.2, -0.15) is 10.1 Å². The molecule has 4 rings (SSSR count). The van der Waals surface area contributed by atoms with Crippen LogP contribution in [0.1, 0.15) is 11.1 Å². The topological polar surface area (TPSA) is 99.1 Å². The van der Waals surface area contributed by atoms with E-state index in [1.165, 1.54) is 11.6 Å². The van der Waals surface area contributed by atoms with Crippen LogP contribution in [0.3, 0.4) is 0 Å². The molecule has 9 nitrogen and oxygen atoms in total. The second kappa shape index (κ2) is 8.37. The summed E-state index contributed by atoms with van der Waals surface area (Å²) in [5, 5.41) is 5.15. The lowest BCUT2D eigenvalue weighted by Gasteiger charge is -2.11. The van der Waals surface area contributed by atoms with Gasteiger partial charge in [-0.25, -0.2) is 10.2 Å². The third-order valence-corrected chi connectivity index (χ3v) is 5.34. The summed E-state index contributed by atoms with van der Waals surface area (Å²) in [5.74, 6) is 0.277. The van der Waals surface area contributed by atoms with E-state index in [4.69, 9.17) is 23.2 Å². The summed E-state index contributed by atoms with van der Waals surface area (Å²) in [6.45, 7) is 0.213. The molecule has 4 aromatic rings. The summed E-state index contributed by atoms with van der Waals surface area (Å²) in [4.78, 5) is 33.8. The maximum Gasteiger partial charge on any atom is 0.332 e. The first kappa shape index (κ1) is 20.8.